The molecule has 0 bridgehead atoms. The van der Waals surface area contributed by atoms with Gasteiger partial charge in [-0.25, -0.2) is 5.43 Å². The summed E-state index contributed by atoms with van der Waals surface area (Å²) < 4.78 is 5.41. The quantitative estimate of drug-likeness (QED) is 0.650. The number of benzene rings is 1. The van der Waals surface area contributed by atoms with Gasteiger partial charge < -0.3 is 4.42 Å². The molecule has 0 fully saturated rings. The Kier molecular flexibility index (Phi) is 3.52. The highest BCUT2D eigenvalue weighted by atomic mass is 35.5. The van der Waals surface area contributed by atoms with Crippen molar-refractivity contribution >= 4 is 11.6 Å². The zero-order chi connectivity index (χ0) is 12.4. The normalized spacial score (nSPS) is 12.7. The van der Waals surface area contributed by atoms with Gasteiger partial charge in [0.05, 0.1) is 0 Å². The van der Waals surface area contributed by atoms with Crippen molar-refractivity contribution in [3.05, 3.63) is 58.0 Å². The minimum absolute atomic E-state index is 0.178. The molecule has 3 N–H and O–H groups in total. The van der Waals surface area contributed by atoms with Crippen LogP contribution in [0.1, 0.15) is 28.5 Å². The maximum absolute atomic E-state index is 5.78. The summed E-state index contributed by atoms with van der Waals surface area (Å²) in [7, 11) is 0. The van der Waals surface area contributed by atoms with Crippen molar-refractivity contribution < 1.29 is 4.42 Å². The molecule has 0 aliphatic carbocycles. The van der Waals surface area contributed by atoms with Crippen LogP contribution in [0.5, 0.6) is 0 Å². The van der Waals surface area contributed by atoms with E-state index in [0.717, 1.165) is 11.1 Å². The average Bonchev–Trinajstić information content (AvgIpc) is 2.71. The fourth-order valence-electron chi connectivity index (χ4n) is 1.88. The van der Waals surface area contributed by atoms with Crippen LogP contribution in [0.4, 0.5) is 0 Å². The van der Waals surface area contributed by atoms with E-state index >= 15 is 0 Å². The van der Waals surface area contributed by atoms with Crippen molar-refractivity contribution in [3.8, 4) is 0 Å². The third kappa shape index (κ3) is 2.52. The molecule has 0 aliphatic rings. The van der Waals surface area contributed by atoms with Gasteiger partial charge >= 0.3 is 0 Å². The third-order valence-corrected chi connectivity index (χ3v) is 2.99. The summed E-state index contributed by atoms with van der Waals surface area (Å²) in [6.45, 7) is 4.09. The zero-order valence-electron chi connectivity index (χ0n) is 9.83. The van der Waals surface area contributed by atoms with Crippen LogP contribution in [0.3, 0.4) is 0 Å². The molecule has 0 aliphatic heterocycles. The van der Waals surface area contributed by atoms with Gasteiger partial charge in [-0.15, -0.1) is 0 Å². The lowest BCUT2D eigenvalue weighted by Gasteiger charge is -2.17. The Morgan fingerprint density at radius 3 is 2.59 bits per heavy atom. The van der Waals surface area contributed by atoms with Gasteiger partial charge in [-0.1, -0.05) is 23.8 Å². The van der Waals surface area contributed by atoms with Gasteiger partial charge in [-0.3, -0.25) is 5.84 Å². The molecule has 2 rings (SSSR count). The van der Waals surface area contributed by atoms with Crippen LogP contribution in [0.15, 0.2) is 34.7 Å². The number of furan rings is 1. The second-order valence-corrected chi connectivity index (χ2v) is 4.47. The van der Waals surface area contributed by atoms with Crippen LogP contribution in [-0.2, 0) is 0 Å². The molecule has 1 atom stereocenters. The molecule has 2 aromatic rings. The summed E-state index contributed by atoms with van der Waals surface area (Å²) in [5.74, 6) is 6.33. The van der Waals surface area contributed by atoms with Crippen molar-refractivity contribution in [2.75, 3.05) is 0 Å². The van der Waals surface area contributed by atoms with E-state index in [4.69, 9.17) is 21.9 Å². The largest absolute Gasteiger partial charge is 0.448 e. The van der Waals surface area contributed by atoms with Crippen LogP contribution >= 0.6 is 11.6 Å². The van der Waals surface area contributed by atoms with Crippen LogP contribution < -0.4 is 11.3 Å². The Hall–Kier alpha value is -1.29. The maximum Gasteiger partial charge on any atom is 0.193 e. The highest BCUT2D eigenvalue weighted by molar-refractivity contribution is 6.28. The molecule has 1 unspecified atom stereocenters. The highest BCUT2D eigenvalue weighted by Crippen LogP contribution is 2.27. The van der Waals surface area contributed by atoms with Crippen LogP contribution in [0.2, 0.25) is 5.22 Å². The average molecular weight is 251 g/mol. The van der Waals surface area contributed by atoms with Crippen molar-refractivity contribution in [1.82, 2.24) is 5.43 Å². The molecule has 1 aromatic carbocycles. The van der Waals surface area contributed by atoms with E-state index in [0.29, 0.717) is 11.0 Å². The molecule has 3 nitrogen and oxygen atoms in total. The number of hydrogen-bond donors (Lipinski definition) is 2. The number of hydrogen-bond acceptors (Lipinski definition) is 3. The lowest BCUT2D eigenvalue weighted by molar-refractivity contribution is 0.452. The minimum Gasteiger partial charge on any atom is -0.448 e. The van der Waals surface area contributed by atoms with E-state index in [9.17, 15) is 0 Å². The highest BCUT2D eigenvalue weighted by Gasteiger charge is 2.18. The monoisotopic (exact) mass is 250 g/mol. The van der Waals surface area contributed by atoms with Crippen molar-refractivity contribution in [3.63, 3.8) is 0 Å². The number of rotatable bonds is 3. The maximum atomic E-state index is 5.78. The molecule has 0 amide bonds. The third-order valence-electron chi connectivity index (χ3n) is 2.79. The van der Waals surface area contributed by atoms with E-state index in [1.807, 2.05) is 19.9 Å². The van der Waals surface area contributed by atoms with E-state index < -0.39 is 0 Å². The number of hydrazine groups is 1. The number of aryl methyl sites for hydroxylation is 2. The number of nitrogens with one attached hydrogen (secondary N) is 1. The topological polar surface area (TPSA) is 51.2 Å². The standard InChI is InChI=1S/C13H15ClN2O/c1-8-3-4-9(2)10(7-8)13(16-15)11-5-6-12(14)17-11/h3-7,13,16H,15H2,1-2H3. The second-order valence-electron chi connectivity index (χ2n) is 4.10. The molecule has 17 heavy (non-hydrogen) atoms. The first-order chi connectivity index (χ1) is 8.11. The lowest BCUT2D eigenvalue weighted by atomic mass is 9.98. The van der Waals surface area contributed by atoms with Gasteiger partial charge in [0.1, 0.15) is 11.8 Å². The summed E-state index contributed by atoms with van der Waals surface area (Å²) >= 11 is 5.78. The predicted molar refractivity (Wildman–Crippen MR) is 68.8 cm³/mol. The van der Waals surface area contributed by atoms with Gasteiger partial charge in [0.15, 0.2) is 5.22 Å². The Bertz CT molecular complexity index is 522. The fourth-order valence-corrected chi connectivity index (χ4v) is 2.03. The lowest BCUT2D eigenvalue weighted by Crippen LogP contribution is -2.29. The zero-order valence-corrected chi connectivity index (χ0v) is 10.6. The van der Waals surface area contributed by atoms with E-state index in [-0.39, 0.29) is 6.04 Å². The number of nitrogens with two attached hydrogens (primary N) is 1. The van der Waals surface area contributed by atoms with Gasteiger partial charge in [-0.2, -0.15) is 0 Å². The molecule has 1 aromatic heterocycles. The molecule has 4 heteroatoms. The van der Waals surface area contributed by atoms with E-state index in [1.54, 1.807) is 6.07 Å². The second kappa shape index (κ2) is 4.92. The summed E-state index contributed by atoms with van der Waals surface area (Å²) in [6, 6.07) is 9.60. The molecular weight excluding hydrogens is 236 g/mol. The summed E-state index contributed by atoms with van der Waals surface area (Å²) in [5, 5.41) is 0.366. The Labute approximate surface area is 106 Å². The van der Waals surface area contributed by atoms with E-state index in [1.165, 1.54) is 5.56 Å². The molecule has 1 heterocycles. The first kappa shape index (κ1) is 12.2. The molecule has 0 radical (unpaired) electrons. The van der Waals surface area contributed by atoms with Crippen LogP contribution in [0.25, 0.3) is 0 Å². The Morgan fingerprint density at radius 2 is 2.00 bits per heavy atom. The number of halogens is 1. The smallest absolute Gasteiger partial charge is 0.193 e. The fraction of sp³-hybridized carbons (Fsp3) is 0.231. The first-order valence-corrected chi connectivity index (χ1v) is 5.78. The first-order valence-electron chi connectivity index (χ1n) is 5.40. The molecule has 0 saturated carbocycles. The minimum atomic E-state index is -0.178. The predicted octanol–water partition coefficient (Wildman–Crippen LogP) is 3.10. The van der Waals surface area contributed by atoms with Crippen molar-refractivity contribution in [1.29, 1.82) is 0 Å². The summed E-state index contributed by atoms with van der Waals surface area (Å²) in [6.07, 6.45) is 0. The summed E-state index contributed by atoms with van der Waals surface area (Å²) in [5.41, 5.74) is 6.20. The van der Waals surface area contributed by atoms with Crippen molar-refractivity contribution in [2.24, 2.45) is 5.84 Å². The summed E-state index contributed by atoms with van der Waals surface area (Å²) in [4.78, 5) is 0. The van der Waals surface area contributed by atoms with Gasteiger partial charge in [0.25, 0.3) is 0 Å². The van der Waals surface area contributed by atoms with Crippen LogP contribution in [-0.4, -0.2) is 0 Å². The van der Waals surface area contributed by atoms with Gasteiger partial charge in [0, 0.05) is 0 Å². The van der Waals surface area contributed by atoms with Gasteiger partial charge in [0.2, 0.25) is 0 Å². The molecular formula is C13H15ClN2O. The SMILES string of the molecule is Cc1ccc(C)c(C(NN)c2ccc(Cl)o2)c1. The molecule has 0 spiro atoms. The van der Waals surface area contributed by atoms with Crippen molar-refractivity contribution in [2.45, 2.75) is 19.9 Å². The Balaban J connectivity index is 2.45. The molecule has 90 valence electrons. The van der Waals surface area contributed by atoms with Crippen LogP contribution in [0, 0.1) is 13.8 Å². The Morgan fingerprint density at radius 1 is 1.24 bits per heavy atom. The molecule has 0 saturated heterocycles. The van der Waals surface area contributed by atoms with Gasteiger partial charge in [-0.05, 0) is 48.7 Å². The van der Waals surface area contributed by atoms with E-state index in [2.05, 4.69) is 23.6 Å².